The Morgan fingerprint density at radius 3 is 2.65 bits per heavy atom. The molecule has 0 radical (unpaired) electrons. The fourth-order valence-corrected chi connectivity index (χ4v) is 3.55. The van der Waals surface area contributed by atoms with Crippen molar-refractivity contribution >= 4 is 17.5 Å². The number of esters is 1. The highest BCUT2D eigenvalue weighted by atomic mass is 17.2. The fraction of sp³-hybridized carbons (Fsp3) is 0.565. The summed E-state index contributed by atoms with van der Waals surface area (Å²) in [6.07, 6.45) is 2.97. The topological polar surface area (TPSA) is 101 Å². The molecule has 1 heterocycles. The van der Waals surface area contributed by atoms with Gasteiger partial charge in [-0.1, -0.05) is 18.7 Å². The van der Waals surface area contributed by atoms with E-state index in [0.29, 0.717) is 12.4 Å². The van der Waals surface area contributed by atoms with Gasteiger partial charge in [0, 0.05) is 12.8 Å². The Morgan fingerprint density at radius 1 is 1.26 bits per heavy atom. The van der Waals surface area contributed by atoms with Crippen LogP contribution in [0.25, 0.3) is 5.57 Å². The molecule has 1 aromatic rings. The first-order valence-corrected chi connectivity index (χ1v) is 10.5. The number of hydrogen-bond donors (Lipinski definition) is 1. The van der Waals surface area contributed by atoms with Gasteiger partial charge in [0.2, 0.25) is 5.79 Å². The molecule has 0 aromatic heterocycles. The molecular formula is C23H30O8. The van der Waals surface area contributed by atoms with Gasteiger partial charge in [-0.15, -0.1) is 0 Å². The van der Waals surface area contributed by atoms with Crippen LogP contribution >= 0.6 is 0 Å². The van der Waals surface area contributed by atoms with Crippen molar-refractivity contribution in [3.63, 3.8) is 0 Å². The second-order valence-corrected chi connectivity index (χ2v) is 8.57. The van der Waals surface area contributed by atoms with Crippen LogP contribution in [-0.2, 0) is 28.8 Å². The second kappa shape index (κ2) is 9.80. The monoisotopic (exact) mass is 434 g/mol. The minimum atomic E-state index is -1.04. The normalized spacial score (nSPS) is 20.4. The van der Waals surface area contributed by atoms with Gasteiger partial charge < -0.3 is 19.3 Å². The number of ether oxygens (including phenoxy) is 3. The highest BCUT2D eigenvalue weighted by molar-refractivity contribution is 5.76. The zero-order valence-electron chi connectivity index (χ0n) is 18.1. The standard InChI is InChI=1S/C23H30O8/c1-16(19-14-28-23(31-30-19)11-4-5-12-23)17-7-6-8-18(13-17)29-22(2,3)15-27-21(26)10-9-20(24)25/h6-8,13,19H,1,4-5,9-12,14-15H2,2-3H3,(H,24,25). The Kier molecular flexibility index (Phi) is 7.35. The predicted octanol–water partition coefficient (Wildman–Crippen LogP) is 3.88. The molecule has 1 N–H and O–H groups in total. The molecule has 1 unspecified atom stereocenters. The molecule has 1 aromatic carbocycles. The highest BCUT2D eigenvalue weighted by Crippen LogP contribution is 2.39. The molecule has 1 atom stereocenters. The van der Waals surface area contributed by atoms with E-state index in [9.17, 15) is 9.59 Å². The smallest absolute Gasteiger partial charge is 0.306 e. The van der Waals surface area contributed by atoms with Crippen molar-refractivity contribution in [1.82, 2.24) is 0 Å². The molecule has 8 nitrogen and oxygen atoms in total. The van der Waals surface area contributed by atoms with Crippen molar-refractivity contribution in [3.8, 4) is 5.75 Å². The summed E-state index contributed by atoms with van der Waals surface area (Å²) in [7, 11) is 0. The number of rotatable bonds is 9. The van der Waals surface area contributed by atoms with Crippen molar-refractivity contribution in [2.75, 3.05) is 13.2 Å². The molecule has 2 fully saturated rings. The zero-order valence-corrected chi connectivity index (χ0v) is 18.1. The minimum Gasteiger partial charge on any atom is -0.484 e. The van der Waals surface area contributed by atoms with E-state index in [2.05, 4.69) is 6.58 Å². The maximum absolute atomic E-state index is 11.7. The molecule has 1 spiro atoms. The van der Waals surface area contributed by atoms with Gasteiger partial charge in [0.15, 0.2) is 0 Å². The summed E-state index contributed by atoms with van der Waals surface area (Å²) in [5.41, 5.74) is 0.740. The van der Waals surface area contributed by atoms with E-state index >= 15 is 0 Å². The number of hydrogen-bond acceptors (Lipinski definition) is 7. The highest BCUT2D eigenvalue weighted by Gasteiger charge is 2.42. The van der Waals surface area contributed by atoms with Gasteiger partial charge in [-0.25, -0.2) is 9.78 Å². The molecule has 2 aliphatic rings. The number of carboxylic acids is 1. The zero-order chi connectivity index (χ0) is 22.5. The van der Waals surface area contributed by atoms with Crippen molar-refractivity contribution in [1.29, 1.82) is 0 Å². The molecule has 3 rings (SSSR count). The summed E-state index contributed by atoms with van der Waals surface area (Å²) in [6, 6.07) is 7.37. The fourth-order valence-electron chi connectivity index (χ4n) is 3.55. The lowest BCUT2D eigenvalue weighted by atomic mass is 10.0. The Hall–Kier alpha value is -2.42. The predicted molar refractivity (Wildman–Crippen MR) is 111 cm³/mol. The van der Waals surface area contributed by atoms with Gasteiger partial charge in [-0.2, -0.15) is 0 Å². The van der Waals surface area contributed by atoms with Crippen molar-refractivity contribution in [2.45, 2.75) is 69.9 Å². The first-order chi connectivity index (χ1) is 14.7. The Morgan fingerprint density at radius 2 is 2.00 bits per heavy atom. The first-order valence-electron chi connectivity index (χ1n) is 10.5. The number of carbonyl (C=O) groups is 2. The summed E-state index contributed by atoms with van der Waals surface area (Å²) in [6.45, 7) is 8.07. The van der Waals surface area contributed by atoms with Crippen LogP contribution in [0, 0.1) is 0 Å². The molecule has 31 heavy (non-hydrogen) atoms. The van der Waals surface area contributed by atoms with E-state index in [0.717, 1.165) is 36.8 Å². The average molecular weight is 434 g/mol. The van der Waals surface area contributed by atoms with E-state index in [-0.39, 0.29) is 19.4 Å². The van der Waals surface area contributed by atoms with Crippen molar-refractivity contribution in [2.24, 2.45) is 0 Å². The van der Waals surface area contributed by atoms with E-state index in [1.54, 1.807) is 19.9 Å². The summed E-state index contributed by atoms with van der Waals surface area (Å²) >= 11 is 0. The van der Waals surface area contributed by atoms with Crippen LogP contribution in [0.1, 0.15) is 57.9 Å². The Labute approximate surface area is 182 Å². The largest absolute Gasteiger partial charge is 0.484 e. The number of carboxylic acid groups (broad SMARTS) is 1. The number of aliphatic carboxylic acids is 1. The summed E-state index contributed by atoms with van der Waals surface area (Å²) in [5.74, 6) is -1.64. The SMILES string of the molecule is C=C(c1cccc(OC(C)(C)COC(=O)CCC(=O)O)c1)C1COC2(CCCC2)OO1. The van der Waals surface area contributed by atoms with E-state index in [1.807, 2.05) is 18.2 Å². The third-order valence-electron chi connectivity index (χ3n) is 5.29. The molecule has 0 amide bonds. The Bertz CT molecular complexity index is 800. The van der Waals surface area contributed by atoms with Gasteiger partial charge in [0.25, 0.3) is 0 Å². The first kappa shape index (κ1) is 23.2. The number of carbonyl (C=O) groups excluding carboxylic acids is 1. The molecule has 0 bridgehead atoms. The Balaban J connectivity index is 1.53. The van der Waals surface area contributed by atoms with Gasteiger partial charge in [-0.3, -0.25) is 9.59 Å². The van der Waals surface area contributed by atoms with Crippen molar-refractivity contribution in [3.05, 3.63) is 36.4 Å². The third kappa shape index (κ3) is 6.53. The van der Waals surface area contributed by atoms with Crippen LogP contribution in [0.2, 0.25) is 0 Å². The maximum atomic E-state index is 11.7. The quantitative estimate of drug-likeness (QED) is 0.462. The lowest BCUT2D eigenvalue weighted by molar-refractivity contribution is -0.475. The van der Waals surface area contributed by atoms with Crippen LogP contribution in [-0.4, -0.2) is 47.8 Å². The molecule has 8 heteroatoms. The van der Waals surface area contributed by atoms with Crippen LogP contribution in [0.4, 0.5) is 0 Å². The van der Waals surface area contributed by atoms with E-state index in [1.165, 1.54) is 0 Å². The van der Waals surface area contributed by atoms with Crippen LogP contribution in [0.15, 0.2) is 30.8 Å². The van der Waals surface area contributed by atoms with Gasteiger partial charge in [0.05, 0.1) is 19.4 Å². The van der Waals surface area contributed by atoms with Crippen LogP contribution in [0.5, 0.6) is 5.75 Å². The van der Waals surface area contributed by atoms with Crippen molar-refractivity contribution < 1.29 is 38.7 Å². The minimum absolute atomic E-state index is 0.00781. The maximum Gasteiger partial charge on any atom is 0.306 e. The molecule has 1 aliphatic heterocycles. The molecule has 170 valence electrons. The van der Waals surface area contributed by atoms with Gasteiger partial charge >= 0.3 is 11.9 Å². The summed E-state index contributed by atoms with van der Waals surface area (Å²) in [4.78, 5) is 33.4. The van der Waals surface area contributed by atoms with Gasteiger partial charge in [0.1, 0.15) is 24.1 Å². The molecule has 1 aliphatic carbocycles. The van der Waals surface area contributed by atoms with E-state index < -0.39 is 29.4 Å². The second-order valence-electron chi connectivity index (χ2n) is 8.57. The average Bonchev–Trinajstić information content (AvgIpc) is 3.18. The van der Waals surface area contributed by atoms with Gasteiger partial charge in [-0.05, 0) is 50.0 Å². The van der Waals surface area contributed by atoms with Crippen LogP contribution < -0.4 is 4.74 Å². The number of benzene rings is 1. The third-order valence-corrected chi connectivity index (χ3v) is 5.29. The summed E-state index contributed by atoms with van der Waals surface area (Å²) in [5, 5.41) is 8.64. The summed E-state index contributed by atoms with van der Waals surface area (Å²) < 4.78 is 17.1. The molecule has 1 saturated heterocycles. The molecule has 1 saturated carbocycles. The lowest BCUT2D eigenvalue weighted by Crippen LogP contribution is -2.43. The lowest BCUT2D eigenvalue weighted by Gasteiger charge is -2.36. The van der Waals surface area contributed by atoms with Crippen LogP contribution in [0.3, 0.4) is 0 Å². The molecular weight excluding hydrogens is 404 g/mol. The van der Waals surface area contributed by atoms with E-state index in [4.69, 9.17) is 29.1 Å².